The normalized spacial score (nSPS) is 12.2. The van der Waals surface area contributed by atoms with Crippen LogP contribution in [0.1, 0.15) is 17.3 Å². The summed E-state index contributed by atoms with van der Waals surface area (Å²) in [6.07, 6.45) is 0. The van der Waals surface area contributed by atoms with Gasteiger partial charge in [-0.15, -0.1) is 0 Å². The van der Waals surface area contributed by atoms with Gasteiger partial charge in [-0.1, -0.05) is 30.3 Å². The molecule has 0 saturated carbocycles. The van der Waals surface area contributed by atoms with Crippen LogP contribution < -0.4 is 11.1 Å². The Hall–Kier alpha value is -2.14. The molecule has 5 heteroatoms. The van der Waals surface area contributed by atoms with Crippen LogP contribution in [-0.2, 0) is 11.8 Å². The lowest BCUT2D eigenvalue weighted by Gasteiger charge is -2.12. The molecule has 1 aromatic carbocycles. The summed E-state index contributed by atoms with van der Waals surface area (Å²) in [5.74, 6) is 0.396. The van der Waals surface area contributed by atoms with Crippen molar-refractivity contribution in [2.75, 3.05) is 5.32 Å². The van der Waals surface area contributed by atoms with Gasteiger partial charge in [0.15, 0.2) is 0 Å². The second-order valence-electron chi connectivity index (χ2n) is 4.17. The van der Waals surface area contributed by atoms with E-state index in [9.17, 15) is 4.79 Å². The zero-order valence-electron chi connectivity index (χ0n) is 10.4. The number of anilines is 1. The van der Waals surface area contributed by atoms with Crippen molar-refractivity contribution in [3.63, 3.8) is 0 Å². The number of carbonyl (C=O) groups is 1. The number of rotatable bonds is 3. The summed E-state index contributed by atoms with van der Waals surface area (Å²) < 4.78 is 1.62. The summed E-state index contributed by atoms with van der Waals surface area (Å²) in [4.78, 5) is 12.0. The molecule has 0 radical (unpaired) electrons. The van der Waals surface area contributed by atoms with Crippen molar-refractivity contribution in [2.45, 2.75) is 13.0 Å². The van der Waals surface area contributed by atoms with Crippen molar-refractivity contribution in [3.05, 3.63) is 47.7 Å². The summed E-state index contributed by atoms with van der Waals surface area (Å²) in [7, 11) is 1.77. The minimum absolute atomic E-state index is 0.246. The van der Waals surface area contributed by atoms with E-state index in [4.69, 9.17) is 5.73 Å². The van der Waals surface area contributed by atoms with Crippen LogP contribution in [0.3, 0.4) is 0 Å². The Kier molecular flexibility index (Phi) is 3.43. The van der Waals surface area contributed by atoms with E-state index in [1.807, 2.05) is 37.3 Å². The summed E-state index contributed by atoms with van der Waals surface area (Å²) in [5, 5.41) is 6.92. The summed E-state index contributed by atoms with van der Waals surface area (Å²) in [6.45, 7) is 1.87. The zero-order chi connectivity index (χ0) is 13.1. The van der Waals surface area contributed by atoms with E-state index >= 15 is 0 Å². The molecule has 5 nitrogen and oxygen atoms in total. The minimum Gasteiger partial charge on any atom is -0.316 e. The largest absolute Gasteiger partial charge is 0.316 e. The molecule has 2 aromatic rings. The van der Waals surface area contributed by atoms with Crippen molar-refractivity contribution in [3.8, 4) is 0 Å². The van der Waals surface area contributed by atoms with Gasteiger partial charge in [-0.2, -0.15) is 5.10 Å². The van der Waals surface area contributed by atoms with Crippen molar-refractivity contribution < 1.29 is 4.79 Å². The molecular weight excluding hydrogens is 228 g/mol. The summed E-state index contributed by atoms with van der Waals surface area (Å²) in [5.41, 5.74) is 7.54. The molecule has 18 heavy (non-hydrogen) atoms. The fraction of sp³-hybridized carbons (Fsp3) is 0.231. The Morgan fingerprint density at radius 2 is 2.06 bits per heavy atom. The fourth-order valence-corrected chi connectivity index (χ4v) is 1.74. The fourth-order valence-electron chi connectivity index (χ4n) is 1.74. The van der Waals surface area contributed by atoms with Crippen LogP contribution in [0.25, 0.3) is 0 Å². The highest BCUT2D eigenvalue weighted by atomic mass is 16.2. The number of benzene rings is 1. The maximum Gasteiger partial charge on any atom is 0.247 e. The number of aryl methyl sites for hydroxylation is 2. The molecule has 0 aliphatic heterocycles. The Balaban J connectivity index is 2.11. The van der Waals surface area contributed by atoms with Gasteiger partial charge in [0.1, 0.15) is 11.9 Å². The van der Waals surface area contributed by atoms with Crippen LogP contribution in [0.4, 0.5) is 5.82 Å². The molecule has 0 bridgehead atoms. The van der Waals surface area contributed by atoms with Crippen LogP contribution in [-0.4, -0.2) is 15.7 Å². The molecule has 0 unspecified atom stereocenters. The number of aromatic nitrogens is 2. The molecule has 0 spiro atoms. The number of hydrogen-bond donors (Lipinski definition) is 2. The van der Waals surface area contributed by atoms with Crippen LogP contribution in [0.5, 0.6) is 0 Å². The molecular formula is C13H16N4O. The number of carbonyl (C=O) groups excluding carboxylic acids is 1. The topological polar surface area (TPSA) is 72.9 Å². The molecule has 3 N–H and O–H groups in total. The quantitative estimate of drug-likeness (QED) is 0.856. The first-order valence-electron chi connectivity index (χ1n) is 5.70. The van der Waals surface area contributed by atoms with E-state index in [1.165, 1.54) is 0 Å². The highest BCUT2D eigenvalue weighted by molar-refractivity contribution is 5.94. The van der Waals surface area contributed by atoms with Crippen molar-refractivity contribution in [1.29, 1.82) is 0 Å². The maximum absolute atomic E-state index is 12.0. The van der Waals surface area contributed by atoms with E-state index in [2.05, 4.69) is 10.4 Å². The Morgan fingerprint density at radius 1 is 1.39 bits per heavy atom. The second-order valence-corrected chi connectivity index (χ2v) is 4.17. The molecule has 1 heterocycles. The van der Waals surface area contributed by atoms with Gasteiger partial charge >= 0.3 is 0 Å². The summed E-state index contributed by atoms with van der Waals surface area (Å²) in [6, 6.07) is 10.4. The van der Waals surface area contributed by atoms with E-state index in [-0.39, 0.29) is 5.91 Å². The molecule has 94 valence electrons. The van der Waals surface area contributed by atoms with Gasteiger partial charge in [0.05, 0.1) is 5.69 Å². The average Bonchev–Trinajstić information content (AvgIpc) is 2.68. The highest BCUT2D eigenvalue weighted by Crippen LogP contribution is 2.14. The van der Waals surface area contributed by atoms with Crippen LogP contribution in [0, 0.1) is 6.92 Å². The lowest BCUT2D eigenvalue weighted by molar-refractivity contribution is -0.117. The lowest BCUT2D eigenvalue weighted by Crippen LogP contribution is -2.28. The van der Waals surface area contributed by atoms with Gasteiger partial charge in [-0.05, 0) is 12.5 Å². The van der Waals surface area contributed by atoms with Gasteiger partial charge in [0.25, 0.3) is 0 Å². The number of nitrogens with one attached hydrogen (secondary N) is 1. The molecule has 1 atom stereocenters. The Morgan fingerprint density at radius 3 is 2.61 bits per heavy atom. The number of amides is 1. The lowest BCUT2D eigenvalue weighted by atomic mass is 10.1. The highest BCUT2D eigenvalue weighted by Gasteiger charge is 2.16. The van der Waals surface area contributed by atoms with Gasteiger partial charge in [-0.3, -0.25) is 9.48 Å². The first-order chi connectivity index (χ1) is 8.58. The van der Waals surface area contributed by atoms with Crippen molar-refractivity contribution in [1.82, 2.24) is 9.78 Å². The molecule has 0 saturated heterocycles. The maximum atomic E-state index is 12.0. The van der Waals surface area contributed by atoms with Crippen molar-refractivity contribution in [2.24, 2.45) is 12.8 Å². The molecule has 1 aromatic heterocycles. The van der Waals surface area contributed by atoms with E-state index in [0.29, 0.717) is 5.82 Å². The number of nitrogens with two attached hydrogens (primary N) is 1. The minimum atomic E-state index is -0.679. The van der Waals surface area contributed by atoms with E-state index in [1.54, 1.807) is 17.8 Å². The van der Waals surface area contributed by atoms with Crippen molar-refractivity contribution >= 4 is 11.7 Å². The number of hydrogen-bond acceptors (Lipinski definition) is 3. The molecule has 0 aliphatic rings. The third-order valence-corrected chi connectivity index (χ3v) is 2.69. The average molecular weight is 244 g/mol. The Bertz CT molecular complexity index is 547. The second kappa shape index (κ2) is 5.01. The van der Waals surface area contributed by atoms with Gasteiger partial charge in [-0.25, -0.2) is 0 Å². The predicted octanol–water partition coefficient (Wildman–Crippen LogP) is 1.37. The summed E-state index contributed by atoms with van der Waals surface area (Å²) >= 11 is 0. The monoisotopic (exact) mass is 244 g/mol. The molecule has 2 rings (SSSR count). The molecule has 0 aliphatic carbocycles. The third-order valence-electron chi connectivity index (χ3n) is 2.69. The van der Waals surface area contributed by atoms with Crippen LogP contribution in [0.2, 0.25) is 0 Å². The third kappa shape index (κ3) is 2.57. The first-order valence-corrected chi connectivity index (χ1v) is 5.70. The van der Waals surface area contributed by atoms with E-state index in [0.717, 1.165) is 11.3 Å². The SMILES string of the molecule is Cc1cc(NC(=O)[C@@H](N)c2ccccc2)n(C)n1. The van der Waals surface area contributed by atoms with Gasteiger partial charge in [0, 0.05) is 13.1 Å². The van der Waals surface area contributed by atoms with Gasteiger partial charge < -0.3 is 11.1 Å². The Labute approximate surface area is 106 Å². The van der Waals surface area contributed by atoms with Crippen LogP contribution >= 0.6 is 0 Å². The smallest absolute Gasteiger partial charge is 0.247 e. The van der Waals surface area contributed by atoms with Gasteiger partial charge in [0.2, 0.25) is 5.91 Å². The first kappa shape index (κ1) is 12.3. The molecule has 1 amide bonds. The standard InChI is InChI=1S/C13H16N4O/c1-9-8-11(17(2)16-9)15-13(18)12(14)10-6-4-3-5-7-10/h3-8,12H,14H2,1-2H3,(H,15,18)/t12-/m0/s1. The number of nitrogens with zero attached hydrogens (tertiary/aromatic N) is 2. The molecule has 0 fully saturated rings. The van der Waals surface area contributed by atoms with Crippen LogP contribution in [0.15, 0.2) is 36.4 Å². The zero-order valence-corrected chi connectivity index (χ0v) is 10.4. The van der Waals surface area contributed by atoms with E-state index < -0.39 is 6.04 Å². The predicted molar refractivity (Wildman–Crippen MR) is 69.9 cm³/mol.